The standard InChI is InChI=1S/C34H40N6O3/c41-34-31(39-30-16-15-27(43-34)24-37-29-11-2-1-10-28(29)30)17-21-40(22-23-42-32-12-3-5-18-35-32)20-6-4-9-26-14-13-25-8-7-19-36-33(25)38-26/h1-3,5,10-14,18,24,31,37H,4,6-9,15-17,19-23H2,(H,36,38)/b27-24-,39-30?/t31-/m0/s1. The molecule has 0 unspecified atom stereocenters. The number of para-hydroxylation sites is 1. The number of nitrogens with one attached hydrogen (secondary N) is 2. The molecular formula is C34H40N6O3. The van der Waals surface area contributed by atoms with Gasteiger partial charge in [-0.05, 0) is 75.3 Å². The third kappa shape index (κ3) is 7.78. The molecule has 1 aromatic carbocycles. The summed E-state index contributed by atoms with van der Waals surface area (Å²) in [5.41, 5.74) is 5.43. The van der Waals surface area contributed by atoms with Crippen molar-refractivity contribution >= 4 is 23.2 Å². The molecule has 224 valence electrons. The number of pyridine rings is 2. The van der Waals surface area contributed by atoms with Crippen LogP contribution in [-0.4, -0.2) is 65.4 Å². The molecule has 9 nitrogen and oxygen atoms in total. The molecule has 0 amide bonds. The van der Waals surface area contributed by atoms with Gasteiger partial charge in [-0.15, -0.1) is 0 Å². The predicted octanol–water partition coefficient (Wildman–Crippen LogP) is 5.39. The first kappa shape index (κ1) is 28.9. The number of unbranched alkanes of at least 4 members (excludes halogenated alkanes) is 1. The van der Waals surface area contributed by atoms with Crippen LogP contribution in [0.25, 0.3) is 0 Å². The van der Waals surface area contributed by atoms with Crippen LogP contribution >= 0.6 is 0 Å². The number of aliphatic imine (C=N–C) groups is 1. The fourth-order valence-electron chi connectivity index (χ4n) is 5.80. The first-order chi connectivity index (χ1) is 21.2. The normalized spacial score (nSPS) is 18.7. The second kappa shape index (κ2) is 14.3. The maximum Gasteiger partial charge on any atom is 0.336 e. The Kier molecular flexibility index (Phi) is 9.59. The van der Waals surface area contributed by atoms with Crippen LogP contribution in [0.15, 0.2) is 77.7 Å². The van der Waals surface area contributed by atoms with Gasteiger partial charge in [-0.2, -0.15) is 0 Å². The molecule has 0 radical (unpaired) electrons. The molecule has 1 atom stereocenters. The van der Waals surface area contributed by atoms with Crippen LogP contribution in [0.3, 0.4) is 0 Å². The summed E-state index contributed by atoms with van der Waals surface area (Å²) in [6.07, 6.45) is 10.8. The van der Waals surface area contributed by atoms with Crippen molar-refractivity contribution in [3.63, 3.8) is 0 Å². The van der Waals surface area contributed by atoms with Crippen molar-refractivity contribution in [3.8, 4) is 5.88 Å². The third-order valence-electron chi connectivity index (χ3n) is 8.17. The highest BCUT2D eigenvalue weighted by Crippen LogP contribution is 2.27. The van der Waals surface area contributed by atoms with Gasteiger partial charge in [0.1, 0.15) is 24.2 Å². The lowest BCUT2D eigenvalue weighted by molar-refractivity contribution is -0.141. The topological polar surface area (TPSA) is 101 Å². The molecule has 3 aromatic rings. The van der Waals surface area contributed by atoms with E-state index in [-0.39, 0.29) is 5.97 Å². The summed E-state index contributed by atoms with van der Waals surface area (Å²) < 4.78 is 11.7. The Morgan fingerprint density at radius 1 is 0.977 bits per heavy atom. The van der Waals surface area contributed by atoms with E-state index in [4.69, 9.17) is 19.5 Å². The van der Waals surface area contributed by atoms with Crippen LogP contribution in [-0.2, 0) is 22.4 Å². The maximum atomic E-state index is 13.2. The van der Waals surface area contributed by atoms with Gasteiger partial charge in [0, 0.05) is 67.2 Å². The van der Waals surface area contributed by atoms with E-state index in [1.165, 1.54) is 12.0 Å². The van der Waals surface area contributed by atoms with Gasteiger partial charge in [0.05, 0.1) is 0 Å². The largest absolute Gasteiger partial charge is 0.476 e. The van der Waals surface area contributed by atoms with Crippen LogP contribution in [0.4, 0.5) is 11.5 Å². The lowest BCUT2D eigenvalue weighted by Crippen LogP contribution is -2.35. The summed E-state index contributed by atoms with van der Waals surface area (Å²) in [5.74, 6) is 2.04. The molecule has 0 spiro atoms. The van der Waals surface area contributed by atoms with E-state index in [9.17, 15) is 4.79 Å². The van der Waals surface area contributed by atoms with Gasteiger partial charge in [-0.25, -0.2) is 14.8 Å². The Labute approximate surface area is 253 Å². The summed E-state index contributed by atoms with van der Waals surface area (Å²) in [7, 11) is 0. The minimum absolute atomic E-state index is 0.290. The molecule has 3 aliphatic heterocycles. The van der Waals surface area contributed by atoms with E-state index in [2.05, 4.69) is 38.7 Å². The number of fused-ring (bicyclic) bond motifs is 6. The van der Waals surface area contributed by atoms with Crippen LogP contribution in [0.2, 0.25) is 0 Å². The van der Waals surface area contributed by atoms with E-state index in [0.29, 0.717) is 37.6 Å². The minimum atomic E-state index is -0.559. The number of hydrogen-bond acceptors (Lipinski definition) is 9. The number of esters is 1. The second-order valence-electron chi connectivity index (χ2n) is 11.3. The predicted molar refractivity (Wildman–Crippen MR) is 169 cm³/mol. The quantitative estimate of drug-likeness (QED) is 0.217. The number of aromatic nitrogens is 2. The van der Waals surface area contributed by atoms with Crippen molar-refractivity contribution in [3.05, 3.63) is 89.6 Å². The van der Waals surface area contributed by atoms with Crippen molar-refractivity contribution < 1.29 is 14.3 Å². The molecule has 6 rings (SSSR count). The van der Waals surface area contributed by atoms with Crippen molar-refractivity contribution in [2.24, 2.45) is 4.99 Å². The number of anilines is 2. The van der Waals surface area contributed by atoms with E-state index >= 15 is 0 Å². The van der Waals surface area contributed by atoms with Crippen molar-refractivity contribution in [2.45, 2.75) is 57.4 Å². The zero-order chi connectivity index (χ0) is 29.3. The Morgan fingerprint density at radius 2 is 1.91 bits per heavy atom. The SMILES string of the molecule is O=C1O/C2=C\Nc3ccccc3C(=N[C@H]1CCN(CCCCc1ccc3c(n1)NCCC3)CCOc1ccccn1)CC2. The van der Waals surface area contributed by atoms with Crippen LogP contribution in [0.5, 0.6) is 5.88 Å². The van der Waals surface area contributed by atoms with Gasteiger partial charge < -0.3 is 20.1 Å². The summed E-state index contributed by atoms with van der Waals surface area (Å²) in [5, 5.41) is 6.72. The average molecular weight is 581 g/mol. The number of aryl methyl sites for hydroxylation is 2. The highest BCUT2D eigenvalue weighted by molar-refractivity contribution is 6.06. The molecule has 2 aromatic heterocycles. The number of nitrogens with zero attached hydrogens (tertiary/aromatic N) is 4. The minimum Gasteiger partial charge on any atom is -0.476 e. The Morgan fingerprint density at radius 3 is 2.84 bits per heavy atom. The van der Waals surface area contributed by atoms with E-state index in [1.54, 1.807) is 6.20 Å². The van der Waals surface area contributed by atoms with Crippen LogP contribution < -0.4 is 15.4 Å². The number of hydrogen-bond donors (Lipinski definition) is 2. The summed E-state index contributed by atoms with van der Waals surface area (Å²) in [4.78, 5) is 29.7. The number of allylic oxidation sites excluding steroid dienone is 1. The molecule has 0 saturated carbocycles. The van der Waals surface area contributed by atoms with Crippen molar-refractivity contribution in [2.75, 3.05) is 43.4 Å². The van der Waals surface area contributed by atoms with Crippen molar-refractivity contribution in [1.82, 2.24) is 14.9 Å². The number of rotatable bonds is 12. The van der Waals surface area contributed by atoms with Crippen LogP contribution in [0, 0.1) is 0 Å². The third-order valence-corrected chi connectivity index (χ3v) is 8.17. The lowest BCUT2D eigenvalue weighted by Gasteiger charge is -2.26. The molecule has 5 heterocycles. The zero-order valence-electron chi connectivity index (χ0n) is 24.6. The molecule has 3 aliphatic rings. The summed E-state index contributed by atoms with van der Waals surface area (Å²) in [6.45, 7) is 3.85. The molecule has 9 heteroatoms. The van der Waals surface area contributed by atoms with E-state index in [1.807, 2.05) is 42.6 Å². The fourth-order valence-corrected chi connectivity index (χ4v) is 5.80. The molecule has 0 fully saturated rings. The number of carbonyl (C=O) groups excluding carboxylic acids is 1. The van der Waals surface area contributed by atoms with Gasteiger partial charge in [0.2, 0.25) is 5.88 Å². The number of carbonyl (C=O) groups is 1. The van der Waals surface area contributed by atoms with E-state index in [0.717, 1.165) is 80.2 Å². The van der Waals surface area contributed by atoms with Gasteiger partial charge in [-0.3, -0.25) is 9.89 Å². The monoisotopic (exact) mass is 580 g/mol. The summed E-state index contributed by atoms with van der Waals surface area (Å²) in [6, 6.07) is 17.6. The average Bonchev–Trinajstić information content (AvgIpc) is 3.03. The molecule has 0 saturated heterocycles. The van der Waals surface area contributed by atoms with Gasteiger partial charge >= 0.3 is 5.97 Å². The van der Waals surface area contributed by atoms with Gasteiger partial charge in [0.15, 0.2) is 0 Å². The molecular weight excluding hydrogens is 540 g/mol. The smallest absolute Gasteiger partial charge is 0.336 e. The Balaban J connectivity index is 1.09. The maximum absolute atomic E-state index is 13.2. The zero-order valence-corrected chi connectivity index (χ0v) is 24.6. The molecule has 2 bridgehead atoms. The second-order valence-corrected chi connectivity index (χ2v) is 11.3. The number of ether oxygens (including phenoxy) is 2. The Hall–Kier alpha value is -4.24. The Bertz CT molecular complexity index is 1460. The lowest BCUT2D eigenvalue weighted by atomic mass is 10.00. The van der Waals surface area contributed by atoms with E-state index < -0.39 is 6.04 Å². The fraction of sp³-hybridized carbons (Fsp3) is 0.412. The van der Waals surface area contributed by atoms with Gasteiger partial charge in [-0.1, -0.05) is 30.3 Å². The molecule has 2 N–H and O–H groups in total. The first-order valence-corrected chi connectivity index (χ1v) is 15.5. The number of benzene rings is 1. The van der Waals surface area contributed by atoms with Crippen molar-refractivity contribution in [1.29, 1.82) is 0 Å². The highest BCUT2D eigenvalue weighted by Gasteiger charge is 2.27. The highest BCUT2D eigenvalue weighted by atomic mass is 16.5. The van der Waals surface area contributed by atoms with Gasteiger partial charge in [0.25, 0.3) is 0 Å². The van der Waals surface area contributed by atoms with Crippen LogP contribution in [0.1, 0.15) is 55.3 Å². The molecule has 43 heavy (non-hydrogen) atoms. The first-order valence-electron chi connectivity index (χ1n) is 15.5. The molecule has 0 aliphatic carbocycles. The summed E-state index contributed by atoms with van der Waals surface area (Å²) >= 11 is 0.